The number of halogens is 6. The highest BCUT2D eigenvalue weighted by molar-refractivity contribution is 6.36. The first kappa shape index (κ1) is 30.4. The number of aryl methyl sites for hydroxylation is 2. The number of alkyl halides is 4. The van der Waals surface area contributed by atoms with Crippen LogP contribution >= 0.6 is 11.6 Å². The van der Waals surface area contributed by atoms with Crippen LogP contribution in [-0.2, 0) is 6.18 Å². The van der Waals surface area contributed by atoms with Crippen LogP contribution in [0, 0.1) is 19.7 Å². The zero-order valence-electron chi connectivity index (χ0n) is 25.7. The van der Waals surface area contributed by atoms with E-state index >= 15 is 4.39 Å². The molecule has 4 aliphatic heterocycles. The van der Waals surface area contributed by atoms with Crippen LogP contribution in [-0.4, -0.2) is 69.4 Å². The van der Waals surface area contributed by atoms with Gasteiger partial charge >= 0.3 is 12.2 Å². The maximum atomic E-state index is 17.0. The lowest BCUT2D eigenvalue weighted by Gasteiger charge is -2.51. The lowest BCUT2D eigenvalue weighted by atomic mass is 9.71. The maximum absolute atomic E-state index is 17.0. The van der Waals surface area contributed by atoms with E-state index in [4.69, 9.17) is 26.1 Å². The Morgan fingerprint density at radius 3 is 2.61 bits per heavy atom. The van der Waals surface area contributed by atoms with Gasteiger partial charge in [0.05, 0.1) is 38.8 Å². The largest absolute Gasteiger partial charge is 0.483 e. The Kier molecular flexibility index (Phi) is 6.93. The molecular weight excluding hydrogens is 629 g/mol. The second-order valence-corrected chi connectivity index (χ2v) is 14.2. The molecule has 3 atom stereocenters. The van der Waals surface area contributed by atoms with Crippen molar-refractivity contribution in [3.63, 3.8) is 0 Å². The van der Waals surface area contributed by atoms with Crippen molar-refractivity contribution < 1.29 is 31.4 Å². The molecule has 3 saturated heterocycles. The molecule has 246 valence electrons. The number of pyridine rings is 1. The summed E-state index contributed by atoms with van der Waals surface area (Å²) >= 11 is 6.98. The van der Waals surface area contributed by atoms with Gasteiger partial charge in [0, 0.05) is 25.2 Å². The average molecular weight is 664 g/mol. The highest BCUT2D eigenvalue weighted by atomic mass is 35.5. The number of hydrogen-bond acceptors (Lipinski definition) is 7. The number of nitrogens with zero attached hydrogens (tertiary/aromatic N) is 5. The smallest absolute Gasteiger partial charge is 0.418 e. The van der Waals surface area contributed by atoms with Crippen LogP contribution in [0.5, 0.6) is 11.8 Å². The minimum atomic E-state index is -4.83. The van der Waals surface area contributed by atoms with Crippen LogP contribution in [0.2, 0.25) is 5.02 Å². The van der Waals surface area contributed by atoms with Gasteiger partial charge in [-0.15, -0.1) is 0 Å². The molecule has 0 bridgehead atoms. The fraction of sp³-hybridized carbons (Fsp3) is 0.606. The second-order valence-electron chi connectivity index (χ2n) is 13.8. The summed E-state index contributed by atoms with van der Waals surface area (Å²) in [7, 11) is 0. The van der Waals surface area contributed by atoms with Gasteiger partial charge < -0.3 is 14.4 Å². The molecular formula is C33H35ClF5N5O2. The van der Waals surface area contributed by atoms with Gasteiger partial charge in [-0.05, 0) is 83.4 Å². The first-order valence-electron chi connectivity index (χ1n) is 16.2. The lowest BCUT2D eigenvalue weighted by Crippen LogP contribution is -2.61. The topological polar surface area (TPSA) is 63.6 Å². The molecule has 5 aliphatic rings. The van der Waals surface area contributed by atoms with Crippen LogP contribution in [0.1, 0.15) is 74.6 Å². The Morgan fingerprint density at radius 2 is 1.87 bits per heavy atom. The highest BCUT2D eigenvalue weighted by Gasteiger charge is 2.54. The standard InChI is InChI=1S/C33H35ClF5N5O2/c1-17-13-18(2)40-26(23(17)33(37,38)39)21-24(34)28-22-27(25(21)36)41-30(45-16-31-8-6-11-43(31)15-19(35)14-31)42-29(22)44-12-4-3-7-20(44)32(46-28)9-5-10-32/h13,19-20H,3-12,14-16H2,1-2H3/t19-,20+,31+/m1/s1. The van der Waals surface area contributed by atoms with Crippen molar-refractivity contribution in [1.29, 1.82) is 0 Å². The molecule has 1 aromatic carbocycles. The van der Waals surface area contributed by atoms with E-state index in [1.807, 2.05) is 0 Å². The summed E-state index contributed by atoms with van der Waals surface area (Å²) in [6.07, 6.45) is 1.24. The summed E-state index contributed by atoms with van der Waals surface area (Å²) in [5.74, 6) is -0.572. The van der Waals surface area contributed by atoms with Gasteiger partial charge in [0.25, 0.3) is 0 Å². The molecule has 4 fully saturated rings. The normalized spacial score (nSPS) is 26.9. The first-order valence-corrected chi connectivity index (χ1v) is 16.5. The molecule has 0 unspecified atom stereocenters. The van der Waals surface area contributed by atoms with E-state index in [9.17, 15) is 17.6 Å². The predicted octanol–water partition coefficient (Wildman–Crippen LogP) is 7.75. The molecule has 7 nitrogen and oxygen atoms in total. The van der Waals surface area contributed by atoms with Crippen molar-refractivity contribution >= 4 is 28.3 Å². The molecule has 0 N–H and O–H groups in total. The zero-order chi connectivity index (χ0) is 32.2. The van der Waals surface area contributed by atoms with E-state index in [0.29, 0.717) is 25.3 Å². The average Bonchev–Trinajstić information content (AvgIpc) is 3.45. The summed E-state index contributed by atoms with van der Waals surface area (Å²) in [5.41, 5.74) is -3.39. The maximum Gasteiger partial charge on any atom is 0.418 e. The fourth-order valence-electron chi connectivity index (χ4n) is 8.80. The molecule has 1 aliphatic carbocycles. The van der Waals surface area contributed by atoms with Gasteiger partial charge in [0.15, 0.2) is 11.6 Å². The van der Waals surface area contributed by atoms with Crippen LogP contribution in [0.25, 0.3) is 22.2 Å². The number of benzene rings is 1. The van der Waals surface area contributed by atoms with Crippen molar-refractivity contribution in [2.24, 2.45) is 0 Å². The van der Waals surface area contributed by atoms with Crippen LogP contribution < -0.4 is 14.4 Å². The molecule has 8 rings (SSSR count). The molecule has 46 heavy (non-hydrogen) atoms. The van der Waals surface area contributed by atoms with Gasteiger partial charge in [-0.2, -0.15) is 23.1 Å². The predicted molar refractivity (Wildman–Crippen MR) is 163 cm³/mol. The summed E-state index contributed by atoms with van der Waals surface area (Å²) in [6, 6.07) is 1.11. The number of fused-ring (bicyclic) bond motifs is 4. The fourth-order valence-corrected chi connectivity index (χ4v) is 9.10. The van der Waals surface area contributed by atoms with Crippen LogP contribution in [0.15, 0.2) is 6.07 Å². The van der Waals surface area contributed by atoms with Gasteiger partial charge in [-0.1, -0.05) is 11.6 Å². The summed E-state index contributed by atoms with van der Waals surface area (Å²) in [4.78, 5) is 17.8. The SMILES string of the molecule is Cc1cc(C)c(C(F)(F)F)c(-c2c(Cl)c3c4c(nc(OC[C@@]56CCCN5C[C@H](F)C6)nc4c2F)N2CCCC[C@H]2C2(CCC2)O3)n1. The quantitative estimate of drug-likeness (QED) is 0.265. The second kappa shape index (κ2) is 10.5. The molecule has 1 saturated carbocycles. The third kappa shape index (κ3) is 4.48. The van der Waals surface area contributed by atoms with Gasteiger partial charge in [0.1, 0.15) is 29.7 Å². The Bertz CT molecular complexity index is 1750. The van der Waals surface area contributed by atoms with Crippen molar-refractivity contribution in [2.75, 3.05) is 31.1 Å². The third-order valence-corrected chi connectivity index (χ3v) is 11.3. The van der Waals surface area contributed by atoms with Crippen molar-refractivity contribution in [3.05, 3.63) is 33.7 Å². The Labute approximate surface area is 268 Å². The van der Waals surface area contributed by atoms with Gasteiger partial charge in [0.2, 0.25) is 0 Å². The molecule has 2 aromatic heterocycles. The third-order valence-electron chi connectivity index (χ3n) is 10.9. The monoisotopic (exact) mass is 663 g/mol. The minimum absolute atomic E-state index is 0.0782. The first-order chi connectivity index (χ1) is 21.9. The van der Waals surface area contributed by atoms with Crippen LogP contribution in [0.4, 0.5) is 27.8 Å². The molecule has 0 radical (unpaired) electrons. The minimum Gasteiger partial charge on any atom is -0.483 e. The Balaban J connectivity index is 1.36. The molecule has 0 amide bonds. The van der Waals surface area contributed by atoms with Gasteiger partial charge in [-0.25, -0.2) is 8.78 Å². The Morgan fingerprint density at radius 1 is 1.07 bits per heavy atom. The lowest BCUT2D eigenvalue weighted by molar-refractivity contribution is -0.137. The van der Waals surface area contributed by atoms with E-state index in [1.54, 1.807) is 6.92 Å². The number of rotatable bonds is 4. The van der Waals surface area contributed by atoms with E-state index in [0.717, 1.165) is 57.9 Å². The Hall–Kier alpha value is -2.99. The summed E-state index contributed by atoms with van der Waals surface area (Å²) < 4.78 is 88.2. The molecule has 1 spiro atoms. The number of piperidine rings is 1. The van der Waals surface area contributed by atoms with Crippen molar-refractivity contribution in [1.82, 2.24) is 19.9 Å². The van der Waals surface area contributed by atoms with E-state index < -0.39 is 46.1 Å². The molecule has 6 heterocycles. The zero-order valence-corrected chi connectivity index (χ0v) is 26.5. The van der Waals surface area contributed by atoms with Gasteiger partial charge in [-0.3, -0.25) is 9.88 Å². The number of anilines is 1. The highest BCUT2D eigenvalue weighted by Crippen LogP contribution is 2.56. The summed E-state index contributed by atoms with van der Waals surface area (Å²) in [5, 5.41) is -0.0596. The number of aromatic nitrogens is 3. The van der Waals surface area contributed by atoms with Crippen molar-refractivity contribution in [2.45, 2.75) is 101 Å². The number of hydrogen-bond donors (Lipinski definition) is 0. The molecule has 3 aromatic rings. The van der Waals surface area contributed by atoms with Crippen LogP contribution in [0.3, 0.4) is 0 Å². The summed E-state index contributed by atoms with van der Waals surface area (Å²) in [6.45, 7) is 4.75. The van der Waals surface area contributed by atoms with Crippen molar-refractivity contribution in [3.8, 4) is 23.0 Å². The van der Waals surface area contributed by atoms with E-state index in [-0.39, 0.29) is 51.6 Å². The van der Waals surface area contributed by atoms with E-state index in [1.165, 1.54) is 13.0 Å². The van der Waals surface area contributed by atoms with E-state index in [2.05, 4.69) is 19.8 Å². The number of ether oxygens (including phenoxy) is 2. The molecule has 13 heteroatoms.